The molecule has 0 saturated carbocycles. The number of hydrogen-bond acceptors (Lipinski definition) is 6. The van der Waals surface area contributed by atoms with Gasteiger partial charge in [0.15, 0.2) is 11.5 Å². The quantitative estimate of drug-likeness (QED) is 0.780. The predicted octanol–water partition coefficient (Wildman–Crippen LogP) is 2.73. The molecule has 3 aliphatic heterocycles. The van der Waals surface area contributed by atoms with Crippen LogP contribution in [0.15, 0.2) is 47.6 Å². The summed E-state index contributed by atoms with van der Waals surface area (Å²) in [5.41, 5.74) is 4.17. The first-order valence-electron chi connectivity index (χ1n) is 10.3. The number of rotatable bonds is 4. The minimum Gasteiger partial charge on any atom is -0.454 e. The molecule has 0 aliphatic carbocycles. The first-order valence-corrected chi connectivity index (χ1v) is 10.3. The van der Waals surface area contributed by atoms with Crippen LogP contribution in [0.2, 0.25) is 0 Å². The molecule has 7 nitrogen and oxygen atoms in total. The molecule has 1 saturated heterocycles. The molecule has 30 heavy (non-hydrogen) atoms. The summed E-state index contributed by atoms with van der Waals surface area (Å²) in [5, 5.41) is 6.43. The summed E-state index contributed by atoms with van der Waals surface area (Å²) < 4.78 is 16.4. The summed E-state index contributed by atoms with van der Waals surface area (Å²) in [5.74, 6) is 1.46. The van der Waals surface area contributed by atoms with E-state index in [0.717, 1.165) is 41.4 Å². The Hall–Kier alpha value is -2.90. The van der Waals surface area contributed by atoms with Crippen molar-refractivity contribution >= 4 is 11.6 Å². The minimum absolute atomic E-state index is 0.00155. The number of carbonyl (C=O) groups is 1. The normalized spacial score (nSPS) is 21.0. The van der Waals surface area contributed by atoms with Crippen LogP contribution in [0.4, 0.5) is 0 Å². The van der Waals surface area contributed by atoms with Crippen molar-refractivity contribution in [3.8, 4) is 11.5 Å². The highest BCUT2D eigenvalue weighted by atomic mass is 16.7. The van der Waals surface area contributed by atoms with Gasteiger partial charge in [0.1, 0.15) is 0 Å². The van der Waals surface area contributed by atoms with Crippen LogP contribution in [0.1, 0.15) is 29.2 Å². The third kappa shape index (κ3) is 3.78. The molecule has 3 heterocycles. The van der Waals surface area contributed by atoms with E-state index in [1.807, 2.05) is 18.2 Å². The molecule has 7 heteroatoms. The van der Waals surface area contributed by atoms with Crippen LogP contribution in [0.5, 0.6) is 11.5 Å². The molecule has 5 rings (SSSR count). The molecule has 2 aromatic carbocycles. The Morgan fingerprint density at radius 2 is 1.83 bits per heavy atom. The summed E-state index contributed by atoms with van der Waals surface area (Å²) in [6.07, 6.45) is 0.664. The van der Waals surface area contributed by atoms with Crippen molar-refractivity contribution in [2.45, 2.75) is 19.4 Å². The van der Waals surface area contributed by atoms with Crippen LogP contribution in [-0.4, -0.2) is 61.2 Å². The average molecular weight is 407 g/mol. The van der Waals surface area contributed by atoms with Crippen LogP contribution in [0, 0.1) is 6.92 Å². The lowest BCUT2D eigenvalue weighted by Gasteiger charge is -2.29. The van der Waals surface area contributed by atoms with Crippen LogP contribution in [0.3, 0.4) is 0 Å². The molecule has 156 valence electrons. The smallest absolute Gasteiger partial charge is 0.257 e. The fraction of sp³-hybridized carbons (Fsp3) is 0.391. The predicted molar refractivity (Wildman–Crippen MR) is 112 cm³/mol. The van der Waals surface area contributed by atoms with Gasteiger partial charge < -0.3 is 14.2 Å². The van der Waals surface area contributed by atoms with Crippen molar-refractivity contribution in [1.29, 1.82) is 0 Å². The van der Waals surface area contributed by atoms with Crippen LogP contribution >= 0.6 is 0 Å². The summed E-state index contributed by atoms with van der Waals surface area (Å²) in [7, 11) is 0. The lowest BCUT2D eigenvalue weighted by Crippen LogP contribution is -2.43. The molecule has 1 unspecified atom stereocenters. The first-order chi connectivity index (χ1) is 14.7. The van der Waals surface area contributed by atoms with Gasteiger partial charge in [0, 0.05) is 19.5 Å². The molecular weight excluding hydrogens is 382 g/mol. The summed E-state index contributed by atoms with van der Waals surface area (Å²) in [6, 6.07) is 14.0. The largest absolute Gasteiger partial charge is 0.454 e. The van der Waals surface area contributed by atoms with Crippen LogP contribution in [-0.2, 0) is 9.53 Å². The average Bonchev–Trinajstić information content (AvgIpc) is 3.42. The van der Waals surface area contributed by atoms with Gasteiger partial charge in [0.05, 0.1) is 31.5 Å². The number of amides is 1. The van der Waals surface area contributed by atoms with Gasteiger partial charge in [-0.1, -0.05) is 35.9 Å². The number of hydrogen-bond donors (Lipinski definition) is 0. The second-order valence-corrected chi connectivity index (χ2v) is 7.87. The molecule has 3 aliphatic rings. The highest BCUT2D eigenvalue weighted by molar-refractivity contribution is 6.03. The number of morpholine rings is 1. The van der Waals surface area contributed by atoms with E-state index in [9.17, 15) is 4.79 Å². The summed E-state index contributed by atoms with van der Waals surface area (Å²) in [6.45, 7) is 5.50. The van der Waals surface area contributed by atoms with E-state index in [4.69, 9.17) is 19.3 Å². The molecule has 0 aromatic heterocycles. The zero-order valence-corrected chi connectivity index (χ0v) is 17.0. The number of hydrazone groups is 1. The fourth-order valence-corrected chi connectivity index (χ4v) is 4.06. The standard InChI is InChI=1S/C23H25N3O4/c1-16-2-4-17(5-3-16)19-13-20(18-6-7-21-22(12-18)30-15-29-21)26(24-19)23(27)14-25-8-10-28-11-9-25/h2-7,12,20H,8-11,13-15H2,1H3. The third-order valence-corrected chi connectivity index (χ3v) is 5.79. The van der Waals surface area contributed by atoms with Gasteiger partial charge >= 0.3 is 0 Å². The van der Waals surface area contributed by atoms with Gasteiger partial charge in [0.25, 0.3) is 5.91 Å². The van der Waals surface area contributed by atoms with E-state index < -0.39 is 0 Å². The van der Waals surface area contributed by atoms with Crippen molar-refractivity contribution < 1.29 is 19.0 Å². The Kier molecular flexibility index (Phi) is 5.14. The molecule has 1 amide bonds. The lowest BCUT2D eigenvalue weighted by molar-refractivity contribution is -0.135. The zero-order chi connectivity index (χ0) is 20.5. The van der Waals surface area contributed by atoms with Gasteiger partial charge in [-0.2, -0.15) is 5.10 Å². The Labute approximate surface area is 175 Å². The number of benzene rings is 2. The fourth-order valence-electron chi connectivity index (χ4n) is 4.06. The number of nitrogens with zero attached hydrogens (tertiary/aromatic N) is 3. The van der Waals surface area contributed by atoms with E-state index in [-0.39, 0.29) is 18.7 Å². The maximum Gasteiger partial charge on any atom is 0.257 e. The van der Waals surface area contributed by atoms with Gasteiger partial charge in [-0.25, -0.2) is 5.01 Å². The molecule has 0 N–H and O–H groups in total. The Morgan fingerprint density at radius 3 is 2.63 bits per heavy atom. The topological polar surface area (TPSA) is 63.6 Å². The van der Waals surface area contributed by atoms with Crippen molar-refractivity contribution in [3.05, 3.63) is 59.2 Å². The highest BCUT2D eigenvalue weighted by Gasteiger charge is 2.34. The zero-order valence-electron chi connectivity index (χ0n) is 17.0. The summed E-state index contributed by atoms with van der Waals surface area (Å²) in [4.78, 5) is 15.4. The SMILES string of the molecule is Cc1ccc(C2=NN(C(=O)CN3CCOCC3)C(c3ccc4c(c3)OCO4)C2)cc1. The van der Waals surface area contributed by atoms with Crippen molar-refractivity contribution in [3.63, 3.8) is 0 Å². The third-order valence-electron chi connectivity index (χ3n) is 5.79. The maximum atomic E-state index is 13.2. The Bertz CT molecular complexity index is 967. The van der Waals surface area contributed by atoms with Gasteiger partial charge in [-0.3, -0.25) is 9.69 Å². The van der Waals surface area contributed by atoms with Crippen molar-refractivity contribution in [2.75, 3.05) is 39.6 Å². The second-order valence-electron chi connectivity index (χ2n) is 7.87. The second kappa shape index (κ2) is 8.08. The van der Waals surface area contributed by atoms with Gasteiger partial charge in [0.2, 0.25) is 6.79 Å². The number of carbonyl (C=O) groups excluding carboxylic acids is 1. The number of aryl methyl sites for hydroxylation is 1. The Morgan fingerprint density at radius 1 is 1.07 bits per heavy atom. The van der Waals surface area contributed by atoms with E-state index in [1.165, 1.54) is 5.56 Å². The molecule has 0 spiro atoms. The molecular formula is C23H25N3O4. The van der Waals surface area contributed by atoms with Gasteiger partial charge in [-0.15, -0.1) is 0 Å². The molecule has 2 aromatic rings. The van der Waals surface area contributed by atoms with Gasteiger partial charge in [-0.05, 0) is 30.2 Å². The van der Waals surface area contributed by atoms with E-state index >= 15 is 0 Å². The number of ether oxygens (including phenoxy) is 3. The molecule has 1 fully saturated rings. The first kappa shape index (κ1) is 19.1. The Balaban J connectivity index is 1.43. The number of fused-ring (bicyclic) bond motifs is 1. The van der Waals surface area contributed by atoms with Crippen molar-refractivity contribution in [2.24, 2.45) is 5.10 Å². The lowest BCUT2D eigenvalue weighted by atomic mass is 9.97. The maximum absolute atomic E-state index is 13.2. The van der Waals surface area contributed by atoms with Crippen LogP contribution < -0.4 is 9.47 Å². The van der Waals surface area contributed by atoms with Crippen LogP contribution in [0.25, 0.3) is 0 Å². The highest BCUT2D eigenvalue weighted by Crippen LogP contribution is 2.39. The molecule has 0 radical (unpaired) electrons. The monoisotopic (exact) mass is 407 g/mol. The van der Waals surface area contributed by atoms with E-state index in [1.54, 1.807) is 5.01 Å². The molecule has 0 bridgehead atoms. The van der Waals surface area contributed by atoms with E-state index in [2.05, 4.69) is 36.1 Å². The minimum atomic E-state index is -0.163. The van der Waals surface area contributed by atoms with E-state index in [0.29, 0.717) is 26.2 Å². The van der Waals surface area contributed by atoms with Crippen molar-refractivity contribution in [1.82, 2.24) is 9.91 Å². The molecule has 1 atom stereocenters. The summed E-state index contributed by atoms with van der Waals surface area (Å²) >= 11 is 0.